The molecular weight excluding hydrogens is 320 g/mol. The minimum atomic E-state index is -0.417. The number of nitrogens with zero attached hydrogens (tertiary/aromatic N) is 3. The van der Waals surface area contributed by atoms with Crippen LogP contribution in [0, 0.1) is 11.3 Å². The zero-order valence-electron chi connectivity index (χ0n) is 12.9. The van der Waals surface area contributed by atoms with Gasteiger partial charge in [-0.3, -0.25) is 10.2 Å². The molecule has 3 rings (SSSR count). The molecule has 1 heterocycles. The van der Waals surface area contributed by atoms with Crippen molar-refractivity contribution in [2.75, 3.05) is 11.7 Å². The monoisotopic (exact) mass is 334 g/mol. The number of anilines is 1. The SMILES string of the molecule is CSc1nc(-c2ccccc2)c(C#N)c(=O)n1Nc1ccccc1. The zero-order valence-corrected chi connectivity index (χ0v) is 13.7. The normalized spacial score (nSPS) is 10.2. The second-order valence-electron chi connectivity index (χ2n) is 4.92. The Morgan fingerprint density at radius 3 is 2.29 bits per heavy atom. The third-order valence-corrected chi connectivity index (χ3v) is 4.05. The minimum Gasteiger partial charge on any atom is -0.289 e. The van der Waals surface area contributed by atoms with Gasteiger partial charge in [-0.1, -0.05) is 60.3 Å². The number of benzene rings is 2. The molecule has 118 valence electrons. The molecule has 1 N–H and O–H groups in total. The molecule has 0 radical (unpaired) electrons. The van der Waals surface area contributed by atoms with Crippen LogP contribution >= 0.6 is 11.8 Å². The number of aromatic nitrogens is 2. The molecule has 24 heavy (non-hydrogen) atoms. The lowest BCUT2D eigenvalue weighted by atomic mass is 10.1. The van der Waals surface area contributed by atoms with E-state index in [1.54, 1.807) is 0 Å². The van der Waals surface area contributed by atoms with Crippen molar-refractivity contribution in [2.24, 2.45) is 0 Å². The number of nitriles is 1. The molecule has 0 bridgehead atoms. The first kappa shape index (κ1) is 15.8. The minimum absolute atomic E-state index is 0.0161. The van der Waals surface area contributed by atoms with Gasteiger partial charge >= 0.3 is 0 Å². The summed E-state index contributed by atoms with van der Waals surface area (Å²) in [6, 6.07) is 20.5. The molecule has 0 fully saturated rings. The zero-order chi connectivity index (χ0) is 16.9. The molecule has 5 nitrogen and oxygen atoms in total. The number of hydrogen-bond acceptors (Lipinski definition) is 5. The molecule has 0 aliphatic carbocycles. The fourth-order valence-corrected chi connectivity index (χ4v) is 2.78. The molecule has 0 spiro atoms. The van der Waals surface area contributed by atoms with E-state index in [-0.39, 0.29) is 5.56 Å². The molecular formula is C18H14N4OS. The van der Waals surface area contributed by atoms with Crippen molar-refractivity contribution in [3.05, 3.63) is 76.6 Å². The van der Waals surface area contributed by atoms with Crippen LogP contribution in [0.5, 0.6) is 0 Å². The van der Waals surface area contributed by atoms with Gasteiger partial charge in [-0.15, -0.1) is 0 Å². The van der Waals surface area contributed by atoms with Crippen molar-refractivity contribution in [1.82, 2.24) is 9.66 Å². The van der Waals surface area contributed by atoms with E-state index in [2.05, 4.69) is 10.4 Å². The number of rotatable bonds is 4. The van der Waals surface area contributed by atoms with Crippen LogP contribution < -0.4 is 11.0 Å². The predicted octanol–water partition coefficient (Wildman–Crippen LogP) is 3.38. The van der Waals surface area contributed by atoms with E-state index in [1.807, 2.05) is 73.0 Å². The lowest BCUT2D eigenvalue weighted by Gasteiger charge is -2.15. The quantitative estimate of drug-likeness (QED) is 0.585. The van der Waals surface area contributed by atoms with E-state index < -0.39 is 5.56 Å². The van der Waals surface area contributed by atoms with Crippen molar-refractivity contribution < 1.29 is 0 Å². The molecule has 1 aromatic heterocycles. The lowest BCUT2D eigenvalue weighted by Crippen LogP contribution is -2.31. The summed E-state index contributed by atoms with van der Waals surface area (Å²) in [4.78, 5) is 17.3. The summed E-state index contributed by atoms with van der Waals surface area (Å²) in [6.07, 6.45) is 1.84. The Balaban J connectivity index is 2.18. The van der Waals surface area contributed by atoms with E-state index in [4.69, 9.17) is 0 Å². The van der Waals surface area contributed by atoms with Crippen LogP contribution in [0.4, 0.5) is 5.69 Å². The van der Waals surface area contributed by atoms with E-state index in [1.165, 1.54) is 16.4 Å². The first-order chi connectivity index (χ1) is 11.7. The smallest absolute Gasteiger partial charge is 0.289 e. The van der Waals surface area contributed by atoms with Crippen molar-refractivity contribution in [3.8, 4) is 17.3 Å². The number of para-hydroxylation sites is 1. The lowest BCUT2D eigenvalue weighted by molar-refractivity contribution is 0.738. The molecule has 0 saturated heterocycles. The number of hydrogen-bond donors (Lipinski definition) is 1. The molecule has 0 atom stereocenters. The summed E-state index contributed by atoms with van der Waals surface area (Å²) >= 11 is 1.34. The average Bonchev–Trinajstić information content (AvgIpc) is 2.64. The highest BCUT2D eigenvalue weighted by Crippen LogP contribution is 2.22. The summed E-state index contributed by atoms with van der Waals surface area (Å²) in [7, 11) is 0. The summed E-state index contributed by atoms with van der Waals surface area (Å²) < 4.78 is 1.31. The topological polar surface area (TPSA) is 70.7 Å². The fraction of sp³-hybridized carbons (Fsp3) is 0.0556. The fourth-order valence-electron chi connectivity index (χ4n) is 2.28. The van der Waals surface area contributed by atoms with Gasteiger partial charge in [-0.05, 0) is 18.4 Å². The molecule has 2 aromatic carbocycles. The van der Waals surface area contributed by atoms with Gasteiger partial charge in [0, 0.05) is 5.56 Å². The maximum Gasteiger partial charge on any atom is 0.291 e. The molecule has 0 aliphatic rings. The Morgan fingerprint density at radius 2 is 1.71 bits per heavy atom. The van der Waals surface area contributed by atoms with Crippen LogP contribution in [0.2, 0.25) is 0 Å². The largest absolute Gasteiger partial charge is 0.291 e. The van der Waals surface area contributed by atoms with Gasteiger partial charge in [0.25, 0.3) is 5.56 Å². The van der Waals surface area contributed by atoms with Gasteiger partial charge in [0.05, 0.1) is 11.4 Å². The van der Waals surface area contributed by atoms with Crippen LogP contribution in [-0.4, -0.2) is 15.9 Å². The Labute approximate surface area is 143 Å². The Bertz CT molecular complexity index is 946. The van der Waals surface area contributed by atoms with Crippen molar-refractivity contribution in [2.45, 2.75) is 5.16 Å². The number of thioether (sulfide) groups is 1. The highest BCUT2D eigenvalue weighted by atomic mass is 32.2. The summed E-state index contributed by atoms with van der Waals surface area (Å²) in [5, 5.41) is 9.96. The summed E-state index contributed by atoms with van der Waals surface area (Å²) in [6.45, 7) is 0. The summed E-state index contributed by atoms with van der Waals surface area (Å²) in [5.74, 6) is 0. The highest BCUT2D eigenvalue weighted by Gasteiger charge is 2.17. The maximum atomic E-state index is 12.8. The predicted molar refractivity (Wildman–Crippen MR) is 95.9 cm³/mol. The van der Waals surface area contributed by atoms with Crippen LogP contribution in [0.15, 0.2) is 70.6 Å². The van der Waals surface area contributed by atoms with Crippen LogP contribution in [0.3, 0.4) is 0 Å². The maximum absolute atomic E-state index is 12.8. The molecule has 3 aromatic rings. The Kier molecular flexibility index (Phi) is 4.64. The van der Waals surface area contributed by atoms with Gasteiger partial charge in [-0.25, -0.2) is 4.98 Å². The number of nitrogens with one attached hydrogen (secondary N) is 1. The Hall–Kier alpha value is -3.04. The van der Waals surface area contributed by atoms with E-state index in [0.29, 0.717) is 10.9 Å². The van der Waals surface area contributed by atoms with E-state index in [9.17, 15) is 10.1 Å². The van der Waals surface area contributed by atoms with Gasteiger partial charge in [0.2, 0.25) is 0 Å². The third kappa shape index (κ3) is 3.03. The molecule has 0 aliphatic heterocycles. The van der Waals surface area contributed by atoms with Gasteiger partial charge in [-0.2, -0.15) is 9.94 Å². The van der Waals surface area contributed by atoms with Gasteiger partial charge in [0.1, 0.15) is 11.6 Å². The molecule has 0 unspecified atom stereocenters. The first-order valence-electron chi connectivity index (χ1n) is 7.23. The standard InChI is InChI=1S/C18H14N4OS/c1-24-18-20-16(13-8-4-2-5-9-13)15(12-19)17(23)22(18)21-14-10-6-3-7-11-14/h2-11,21H,1H3. The summed E-state index contributed by atoms with van der Waals surface area (Å²) in [5.41, 5.74) is 4.50. The van der Waals surface area contributed by atoms with Gasteiger partial charge < -0.3 is 0 Å². The van der Waals surface area contributed by atoms with Crippen LogP contribution in [0.25, 0.3) is 11.3 Å². The van der Waals surface area contributed by atoms with Crippen molar-refractivity contribution >= 4 is 17.4 Å². The second kappa shape index (κ2) is 7.02. The second-order valence-corrected chi connectivity index (χ2v) is 5.69. The van der Waals surface area contributed by atoms with E-state index in [0.717, 1.165) is 11.3 Å². The highest BCUT2D eigenvalue weighted by molar-refractivity contribution is 7.98. The molecule has 0 amide bonds. The van der Waals surface area contributed by atoms with E-state index >= 15 is 0 Å². The van der Waals surface area contributed by atoms with Crippen LogP contribution in [0.1, 0.15) is 5.56 Å². The molecule has 6 heteroatoms. The van der Waals surface area contributed by atoms with Gasteiger partial charge in [0.15, 0.2) is 5.16 Å². The van der Waals surface area contributed by atoms with Crippen LogP contribution in [-0.2, 0) is 0 Å². The average molecular weight is 334 g/mol. The Morgan fingerprint density at radius 1 is 1.08 bits per heavy atom. The molecule has 0 saturated carbocycles. The first-order valence-corrected chi connectivity index (χ1v) is 8.45. The third-order valence-electron chi connectivity index (χ3n) is 3.41. The van der Waals surface area contributed by atoms with Crippen molar-refractivity contribution in [1.29, 1.82) is 5.26 Å². The van der Waals surface area contributed by atoms with Crippen molar-refractivity contribution in [3.63, 3.8) is 0 Å².